The monoisotopic (exact) mass is 450 g/mol. The van der Waals surface area contributed by atoms with Crippen molar-refractivity contribution in [2.45, 2.75) is 51.6 Å². The first-order valence-corrected chi connectivity index (χ1v) is 12.0. The number of primary amides is 1. The third kappa shape index (κ3) is 4.17. The quantitative estimate of drug-likeness (QED) is 0.680. The molecule has 172 valence electrons. The highest BCUT2D eigenvalue weighted by Crippen LogP contribution is 2.64. The topological polar surface area (TPSA) is 113 Å². The van der Waals surface area contributed by atoms with Gasteiger partial charge in [0.15, 0.2) is 0 Å². The predicted octanol–water partition coefficient (Wildman–Crippen LogP) is 1.41. The number of anilines is 1. The molecule has 9 heteroatoms. The number of piperidine rings is 1. The van der Waals surface area contributed by atoms with Crippen molar-refractivity contribution in [3.8, 4) is 0 Å². The Labute approximate surface area is 185 Å². The van der Waals surface area contributed by atoms with Crippen LogP contribution in [0.3, 0.4) is 0 Å². The van der Waals surface area contributed by atoms with Gasteiger partial charge in [-0.25, -0.2) is 8.42 Å². The lowest BCUT2D eigenvalue weighted by molar-refractivity contribution is -0.142. The summed E-state index contributed by atoms with van der Waals surface area (Å²) in [7, 11) is -0.218. The van der Waals surface area contributed by atoms with E-state index >= 15 is 0 Å². The summed E-state index contributed by atoms with van der Waals surface area (Å²) >= 11 is 0. The largest absolute Gasteiger partial charge is 0.378 e. The molecule has 1 heterocycles. The second-order valence-corrected chi connectivity index (χ2v) is 12.3. The van der Waals surface area contributed by atoms with Gasteiger partial charge in [-0.3, -0.25) is 9.59 Å². The Morgan fingerprint density at radius 3 is 2.19 bits per heavy atom. The zero-order chi connectivity index (χ0) is 23.5. The molecule has 3 N–H and O–H groups in total. The minimum absolute atomic E-state index is 0.0183. The SMILES string of the molecule is CN(C)c1ccc(S(=O)(=O)N[C@H](C(=O)N2CC3C(C2C(N)=O)C3(C)C)C(C)(C)C)cc1. The lowest BCUT2D eigenvalue weighted by Gasteiger charge is -2.37. The van der Waals surface area contributed by atoms with E-state index in [0.29, 0.717) is 6.54 Å². The molecule has 2 amide bonds. The number of fused-ring (bicyclic) bond motifs is 1. The standard InChI is InChI=1S/C22H34N4O4S/c1-21(2,3)18(24-31(29,30)14-10-8-13(9-11-14)25(6)7)20(28)26-12-15-16(22(15,4)5)17(26)19(23)27/h8-11,15-18,24H,12H2,1-7H3,(H2,23,27)/t15?,16?,17?,18-/m1/s1. The molecule has 3 rings (SSSR count). The van der Waals surface area contributed by atoms with E-state index in [1.165, 1.54) is 17.0 Å². The average Bonchev–Trinajstić information content (AvgIpc) is 3.01. The first-order chi connectivity index (χ1) is 14.1. The number of sulfonamides is 1. The summed E-state index contributed by atoms with van der Waals surface area (Å²) in [4.78, 5) is 29.1. The Bertz CT molecular complexity index is 980. The smallest absolute Gasteiger partial charge is 0.242 e. The molecular weight excluding hydrogens is 416 g/mol. The van der Waals surface area contributed by atoms with Gasteiger partial charge in [0.25, 0.3) is 0 Å². The molecule has 3 unspecified atom stereocenters. The lowest BCUT2D eigenvalue weighted by Crippen LogP contribution is -2.58. The maximum absolute atomic E-state index is 13.5. The normalized spacial score (nSPS) is 25.6. The van der Waals surface area contributed by atoms with Crippen molar-refractivity contribution in [3.63, 3.8) is 0 Å². The van der Waals surface area contributed by atoms with E-state index in [-0.39, 0.29) is 22.1 Å². The molecular formula is C22H34N4O4S. The van der Waals surface area contributed by atoms with Crippen LogP contribution in [0.25, 0.3) is 0 Å². The number of amides is 2. The van der Waals surface area contributed by atoms with Crippen LogP contribution in [0.2, 0.25) is 0 Å². The number of likely N-dealkylation sites (tertiary alicyclic amines) is 1. The van der Waals surface area contributed by atoms with E-state index in [4.69, 9.17) is 5.73 Å². The highest BCUT2D eigenvalue weighted by Gasteiger charge is 2.69. The molecule has 1 aliphatic carbocycles. The minimum Gasteiger partial charge on any atom is -0.378 e. The van der Waals surface area contributed by atoms with Crippen molar-refractivity contribution in [2.24, 2.45) is 28.4 Å². The molecule has 0 spiro atoms. The summed E-state index contributed by atoms with van der Waals surface area (Å²) in [6.45, 7) is 9.95. The van der Waals surface area contributed by atoms with Crippen molar-refractivity contribution in [1.29, 1.82) is 0 Å². The van der Waals surface area contributed by atoms with Gasteiger partial charge in [0.05, 0.1) is 4.90 Å². The maximum atomic E-state index is 13.5. The van der Waals surface area contributed by atoms with Gasteiger partial charge in [0.1, 0.15) is 12.1 Å². The number of nitrogens with two attached hydrogens (primary N) is 1. The molecule has 1 aromatic rings. The Hall–Kier alpha value is -2.13. The van der Waals surface area contributed by atoms with E-state index in [2.05, 4.69) is 18.6 Å². The van der Waals surface area contributed by atoms with E-state index in [9.17, 15) is 18.0 Å². The van der Waals surface area contributed by atoms with Crippen LogP contribution >= 0.6 is 0 Å². The molecule has 8 nitrogen and oxygen atoms in total. The Morgan fingerprint density at radius 1 is 1.19 bits per heavy atom. The minimum atomic E-state index is -3.95. The van der Waals surface area contributed by atoms with Gasteiger partial charge < -0.3 is 15.5 Å². The van der Waals surface area contributed by atoms with E-state index in [0.717, 1.165) is 5.69 Å². The Kier molecular flexibility index (Phi) is 5.68. The van der Waals surface area contributed by atoms with Gasteiger partial charge in [-0.1, -0.05) is 34.6 Å². The number of hydrogen-bond acceptors (Lipinski definition) is 5. The second kappa shape index (κ2) is 7.48. The van der Waals surface area contributed by atoms with Crippen LogP contribution in [-0.2, 0) is 19.6 Å². The van der Waals surface area contributed by atoms with E-state index in [1.54, 1.807) is 32.9 Å². The van der Waals surface area contributed by atoms with Gasteiger partial charge in [-0.15, -0.1) is 0 Å². The van der Waals surface area contributed by atoms with Crippen molar-refractivity contribution in [3.05, 3.63) is 24.3 Å². The maximum Gasteiger partial charge on any atom is 0.242 e. The van der Waals surface area contributed by atoms with Crippen molar-refractivity contribution < 1.29 is 18.0 Å². The fourth-order valence-electron chi connectivity index (χ4n) is 4.75. The third-order valence-corrected chi connectivity index (χ3v) is 8.27. The second-order valence-electron chi connectivity index (χ2n) is 10.6. The highest BCUT2D eigenvalue weighted by molar-refractivity contribution is 7.89. The number of carbonyl (C=O) groups excluding carboxylic acids is 2. The predicted molar refractivity (Wildman–Crippen MR) is 120 cm³/mol. The summed E-state index contributed by atoms with van der Waals surface area (Å²) in [6, 6.07) is 4.71. The van der Waals surface area contributed by atoms with Gasteiger partial charge in [0, 0.05) is 26.3 Å². The van der Waals surface area contributed by atoms with Crippen LogP contribution in [0.15, 0.2) is 29.2 Å². The zero-order valence-electron chi connectivity index (χ0n) is 19.3. The molecule has 4 atom stereocenters. The summed E-state index contributed by atoms with van der Waals surface area (Å²) < 4.78 is 28.8. The van der Waals surface area contributed by atoms with Gasteiger partial charge in [-0.05, 0) is 46.9 Å². The molecule has 2 fully saturated rings. The molecule has 1 saturated heterocycles. The van der Waals surface area contributed by atoms with E-state index < -0.39 is 39.3 Å². The van der Waals surface area contributed by atoms with Crippen molar-refractivity contribution in [2.75, 3.05) is 25.5 Å². The number of hydrogen-bond donors (Lipinski definition) is 2. The van der Waals surface area contributed by atoms with Crippen LogP contribution in [-0.4, -0.2) is 57.9 Å². The first kappa shape index (κ1) is 23.5. The Balaban J connectivity index is 1.87. The summed E-state index contributed by atoms with van der Waals surface area (Å²) in [5.74, 6) is -0.733. The summed E-state index contributed by atoms with van der Waals surface area (Å²) in [6.07, 6.45) is 0. The van der Waals surface area contributed by atoms with Gasteiger partial charge in [-0.2, -0.15) is 4.72 Å². The molecule has 1 aliphatic heterocycles. The number of nitrogens with zero attached hydrogens (tertiary/aromatic N) is 2. The number of benzene rings is 1. The summed E-state index contributed by atoms with van der Waals surface area (Å²) in [5, 5.41) is 0. The fraction of sp³-hybridized carbons (Fsp3) is 0.636. The van der Waals surface area contributed by atoms with E-state index in [1.807, 2.05) is 19.0 Å². The van der Waals surface area contributed by atoms with Crippen LogP contribution in [0.1, 0.15) is 34.6 Å². The van der Waals surface area contributed by atoms with Crippen molar-refractivity contribution >= 4 is 27.5 Å². The van der Waals surface area contributed by atoms with Gasteiger partial charge in [0.2, 0.25) is 21.8 Å². The van der Waals surface area contributed by atoms with Crippen molar-refractivity contribution in [1.82, 2.24) is 9.62 Å². The molecule has 0 radical (unpaired) electrons. The Morgan fingerprint density at radius 2 is 1.74 bits per heavy atom. The molecule has 31 heavy (non-hydrogen) atoms. The molecule has 0 bridgehead atoms. The van der Waals surface area contributed by atoms with Gasteiger partial charge >= 0.3 is 0 Å². The molecule has 1 aromatic carbocycles. The number of nitrogens with one attached hydrogen (secondary N) is 1. The highest BCUT2D eigenvalue weighted by atomic mass is 32.2. The zero-order valence-corrected chi connectivity index (χ0v) is 20.2. The lowest BCUT2D eigenvalue weighted by atomic mass is 9.86. The van der Waals surface area contributed by atoms with Crippen LogP contribution in [0.5, 0.6) is 0 Å². The number of rotatable bonds is 6. The average molecular weight is 451 g/mol. The molecule has 2 aliphatic rings. The molecule has 0 aromatic heterocycles. The molecule has 1 saturated carbocycles. The first-order valence-electron chi connectivity index (χ1n) is 10.5. The van der Waals surface area contributed by atoms with Crippen LogP contribution < -0.4 is 15.4 Å². The number of carbonyl (C=O) groups is 2. The third-order valence-electron chi connectivity index (χ3n) is 6.83. The van der Waals surface area contributed by atoms with Crippen LogP contribution in [0.4, 0.5) is 5.69 Å². The fourth-order valence-corrected chi connectivity index (χ4v) is 6.14. The van der Waals surface area contributed by atoms with Crippen LogP contribution in [0, 0.1) is 22.7 Å². The summed E-state index contributed by atoms with van der Waals surface area (Å²) in [5.41, 5.74) is 5.77.